The van der Waals surface area contributed by atoms with E-state index >= 15 is 0 Å². The first-order valence-corrected chi connectivity index (χ1v) is 11.2. The van der Waals surface area contributed by atoms with Gasteiger partial charge in [-0.2, -0.15) is 0 Å². The maximum Gasteiger partial charge on any atom is 0.291 e. The van der Waals surface area contributed by atoms with Crippen molar-refractivity contribution < 1.29 is 26.8 Å². The number of rotatable bonds is 9. The zero-order chi connectivity index (χ0) is 22.4. The molecule has 0 unspecified atom stereocenters. The van der Waals surface area contributed by atoms with Gasteiger partial charge in [0, 0.05) is 5.69 Å². The third-order valence-electron chi connectivity index (χ3n) is 4.45. The number of furan rings is 2. The Morgan fingerprint density at radius 3 is 2.38 bits per heavy atom. The first-order chi connectivity index (χ1) is 15.5. The van der Waals surface area contributed by atoms with Crippen LogP contribution in [-0.2, 0) is 23.2 Å². The van der Waals surface area contributed by atoms with E-state index in [1.54, 1.807) is 24.3 Å². The molecule has 2 aromatic heterocycles. The first-order valence-electron chi connectivity index (χ1n) is 9.70. The molecule has 2 N–H and O–H groups in total. The van der Waals surface area contributed by atoms with Crippen molar-refractivity contribution in [3.8, 4) is 5.75 Å². The van der Waals surface area contributed by atoms with Gasteiger partial charge in [0.1, 0.15) is 23.9 Å². The molecule has 0 saturated carbocycles. The Bertz CT molecular complexity index is 1260. The maximum absolute atomic E-state index is 12.4. The summed E-state index contributed by atoms with van der Waals surface area (Å²) in [7, 11) is -3.71. The summed E-state index contributed by atoms with van der Waals surface area (Å²) in [6, 6.07) is 21.7. The molecule has 0 atom stereocenters. The van der Waals surface area contributed by atoms with Gasteiger partial charge in [-0.3, -0.25) is 4.79 Å². The summed E-state index contributed by atoms with van der Waals surface area (Å²) < 4.78 is 43.5. The summed E-state index contributed by atoms with van der Waals surface area (Å²) in [5.74, 6) is 1.37. The molecule has 0 aliphatic rings. The van der Waals surface area contributed by atoms with Crippen LogP contribution in [0.1, 0.15) is 22.1 Å². The van der Waals surface area contributed by atoms with E-state index in [1.165, 1.54) is 30.5 Å². The Hall–Kier alpha value is -3.82. The molecule has 0 saturated heterocycles. The highest BCUT2D eigenvalue weighted by Gasteiger charge is 2.16. The van der Waals surface area contributed by atoms with Crippen LogP contribution in [0.2, 0.25) is 0 Å². The van der Waals surface area contributed by atoms with Crippen molar-refractivity contribution in [3.05, 3.63) is 102 Å². The van der Waals surface area contributed by atoms with Crippen LogP contribution in [0, 0.1) is 0 Å². The number of ether oxygens (including phenoxy) is 1. The fourth-order valence-corrected chi connectivity index (χ4v) is 3.81. The summed E-state index contributed by atoms with van der Waals surface area (Å²) in [4.78, 5) is 12.5. The van der Waals surface area contributed by atoms with Crippen LogP contribution in [0.4, 0.5) is 5.69 Å². The summed E-state index contributed by atoms with van der Waals surface area (Å²) in [5.41, 5.74) is 0.429. The summed E-state index contributed by atoms with van der Waals surface area (Å²) in [5, 5.41) is 2.67. The predicted octanol–water partition coefficient (Wildman–Crippen LogP) is 4.18. The van der Waals surface area contributed by atoms with Gasteiger partial charge in [0.25, 0.3) is 5.91 Å². The summed E-state index contributed by atoms with van der Waals surface area (Å²) in [6.45, 7) is 0.234. The molecule has 4 aromatic rings. The van der Waals surface area contributed by atoms with E-state index < -0.39 is 15.9 Å². The molecule has 8 nitrogen and oxygen atoms in total. The van der Waals surface area contributed by atoms with E-state index in [2.05, 4.69) is 10.0 Å². The van der Waals surface area contributed by atoms with Crippen molar-refractivity contribution in [2.75, 3.05) is 5.32 Å². The SMILES string of the molecule is O=C(Nc1ccc(S(=O)(=O)NCc2ccco2)cc1)c1ccc(COc2ccccc2)o1. The number of hydrogen-bond donors (Lipinski definition) is 2. The minimum Gasteiger partial charge on any atom is -0.486 e. The van der Waals surface area contributed by atoms with Crippen LogP contribution in [-0.4, -0.2) is 14.3 Å². The Balaban J connectivity index is 1.33. The van der Waals surface area contributed by atoms with Crippen molar-refractivity contribution in [1.29, 1.82) is 0 Å². The lowest BCUT2D eigenvalue weighted by Gasteiger charge is -2.07. The second-order valence-corrected chi connectivity index (χ2v) is 8.52. The minimum atomic E-state index is -3.71. The van der Waals surface area contributed by atoms with Gasteiger partial charge in [0.15, 0.2) is 5.76 Å². The zero-order valence-electron chi connectivity index (χ0n) is 16.9. The van der Waals surface area contributed by atoms with Gasteiger partial charge in [-0.25, -0.2) is 13.1 Å². The van der Waals surface area contributed by atoms with Crippen LogP contribution in [0.15, 0.2) is 98.9 Å². The fraction of sp³-hybridized carbons (Fsp3) is 0.0870. The Kier molecular flexibility index (Phi) is 6.39. The fourth-order valence-electron chi connectivity index (χ4n) is 2.82. The molecule has 0 aliphatic carbocycles. The third kappa shape index (κ3) is 5.45. The Morgan fingerprint density at radius 1 is 0.875 bits per heavy atom. The predicted molar refractivity (Wildman–Crippen MR) is 117 cm³/mol. The standard InChI is InChI=1S/C23H20N2O6S/c26-23(22-13-10-20(31-22)16-30-18-5-2-1-3-6-18)25-17-8-11-21(12-9-17)32(27,28)24-15-19-7-4-14-29-19/h1-14,24H,15-16H2,(H,25,26). The van der Waals surface area contributed by atoms with Crippen LogP contribution in [0.25, 0.3) is 0 Å². The number of para-hydroxylation sites is 1. The largest absolute Gasteiger partial charge is 0.486 e. The average molecular weight is 452 g/mol. The van der Waals surface area contributed by atoms with Crippen molar-refractivity contribution in [1.82, 2.24) is 4.72 Å². The monoisotopic (exact) mass is 452 g/mol. The molecule has 0 bridgehead atoms. The molecule has 4 rings (SSSR count). The second kappa shape index (κ2) is 9.54. The molecule has 0 aliphatic heterocycles. The molecule has 164 valence electrons. The Morgan fingerprint density at radius 2 is 1.66 bits per heavy atom. The topological polar surface area (TPSA) is 111 Å². The molecule has 0 spiro atoms. The molecule has 1 amide bonds. The number of benzene rings is 2. The third-order valence-corrected chi connectivity index (χ3v) is 5.87. The highest BCUT2D eigenvalue weighted by Crippen LogP contribution is 2.18. The summed E-state index contributed by atoms with van der Waals surface area (Å²) in [6.07, 6.45) is 1.47. The van der Waals surface area contributed by atoms with Crippen molar-refractivity contribution in [2.45, 2.75) is 18.0 Å². The normalized spacial score (nSPS) is 11.2. The highest BCUT2D eigenvalue weighted by atomic mass is 32.2. The smallest absolute Gasteiger partial charge is 0.291 e. The lowest BCUT2D eigenvalue weighted by Crippen LogP contribution is -2.23. The molecular formula is C23H20N2O6S. The van der Waals surface area contributed by atoms with Crippen molar-refractivity contribution >= 4 is 21.6 Å². The Labute approximate surface area is 184 Å². The molecule has 2 aromatic carbocycles. The van der Waals surface area contributed by atoms with E-state index in [9.17, 15) is 13.2 Å². The quantitative estimate of drug-likeness (QED) is 0.394. The lowest BCUT2D eigenvalue weighted by molar-refractivity contribution is 0.0992. The van der Waals surface area contributed by atoms with Gasteiger partial charge < -0.3 is 18.9 Å². The van der Waals surface area contributed by atoms with E-state index in [0.717, 1.165) is 0 Å². The molecular weight excluding hydrogens is 432 g/mol. The van der Waals surface area contributed by atoms with E-state index in [-0.39, 0.29) is 23.8 Å². The molecule has 0 radical (unpaired) electrons. The van der Waals surface area contributed by atoms with Gasteiger partial charge in [-0.1, -0.05) is 18.2 Å². The number of anilines is 1. The maximum atomic E-state index is 12.4. The van der Waals surface area contributed by atoms with E-state index in [4.69, 9.17) is 13.6 Å². The van der Waals surface area contributed by atoms with Gasteiger partial charge in [-0.05, 0) is 60.7 Å². The zero-order valence-corrected chi connectivity index (χ0v) is 17.7. The number of nitrogens with one attached hydrogen (secondary N) is 2. The number of carbonyl (C=O) groups is 1. The molecule has 2 heterocycles. The van der Waals surface area contributed by atoms with Gasteiger partial charge in [0.2, 0.25) is 10.0 Å². The highest BCUT2D eigenvalue weighted by molar-refractivity contribution is 7.89. The van der Waals surface area contributed by atoms with Gasteiger partial charge in [0.05, 0.1) is 17.7 Å². The van der Waals surface area contributed by atoms with Crippen LogP contribution in [0.3, 0.4) is 0 Å². The molecule has 0 fully saturated rings. The van der Waals surface area contributed by atoms with Gasteiger partial charge >= 0.3 is 0 Å². The van der Waals surface area contributed by atoms with Gasteiger partial charge in [-0.15, -0.1) is 0 Å². The van der Waals surface area contributed by atoms with Crippen LogP contribution >= 0.6 is 0 Å². The number of sulfonamides is 1. The van der Waals surface area contributed by atoms with Crippen LogP contribution in [0.5, 0.6) is 5.75 Å². The van der Waals surface area contributed by atoms with Crippen molar-refractivity contribution in [2.24, 2.45) is 0 Å². The van der Waals surface area contributed by atoms with E-state index in [1.807, 2.05) is 30.3 Å². The van der Waals surface area contributed by atoms with Crippen molar-refractivity contribution in [3.63, 3.8) is 0 Å². The number of amides is 1. The summed E-state index contributed by atoms with van der Waals surface area (Å²) >= 11 is 0. The second-order valence-electron chi connectivity index (χ2n) is 6.75. The lowest BCUT2D eigenvalue weighted by atomic mass is 10.3. The van der Waals surface area contributed by atoms with E-state index in [0.29, 0.717) is 23.0 Å². The van der Waals surface area contributed by atoms with Crippen LogP contribution < -0.4 is 14.8 Å². The average Bonchev–Trinajstić information content (AvgIpc) is 3.50. The molecule has 32 heavy (non-hydrogen) atoms. The molecule has 9 heteroatoms. The number of hydrogen-bond acceptors (Lipinski definition) is 6. The first kappa shape index (κ1) is 21.4. The minimum absolute atomic E-state index is 0.0443. The number of carbonyl (C=O) groups excluding carboxylic acids is 1.